The zero-order chi connectivity index (χ0) is 10.4. The van der Waals surface area contributed by atoms with Gasteiger partial charge < -0.3 is 5.32 Å². The van der Waals surface area contributed by atoms with Crippen LogP contribution in [0.3, 0.4) is 0 Å². The van der Waals surface area contributed by atoms with Crippen molar-refractivity contribution in [2.75, 3.05) is 12.3 Å². The molecular weight excluding hydrogens is 214 g/mol. The van der Waals surface area contributed by atoms with E-state index in [4.69, 9.17) is 11.6 Å². The Kier molecular flexibility index (Phi) is 5.38. The molecule has 0 aliphatic carbocycles. The van der Waals surface area contributed by atoms with Crippen LogP contribution >= 0.6 is 23.4 Å². The molecule has 0 spiro atoms. The minimum absolute atomic E-state index is 0.570. The Balaban J connectivity index is 2.21. The SMILES string of the molecule is CC(C)NCCSc1ccc(Cl)cc1. The highest BCUT2D eigenvalue weighted by molar-refractivity contribution is 7.99. The molecule has 0 bridgehead atoms. The van der Waals surface area contributed by atoms with Crippen LogP contribution in [-0.4, -0.2) is 18.3 Å². The fourth-order valence-electron chi connectivity index (χ4n) is 1.05. The first-order valence-corrected chi connectivity index (χ1v) is 6.16. The molecule has 1 aromatic carbocycles. The van der Waals surface area contributed by atoms with Crippen molar-refractivity contribution in [1.29, 1.82) is 0 Å². The molecule has 1 rings (SSSR count). The normalized spacial score (nSPS) is 10.9. The van der Waals surface area contributed by atoms with Crippen molar-refractivity contribution < 1.29 is 0 Å². The standard InChI is InChI=1S/C11H16ClNS/c1-9(2)13-7-8-14-11-5-3-10(12)4-6-11/h3-6,9,13H,7-8H2,1-2H3. The highest BCUT2D eigenvalue weighted by Crippen LogP contribution is 2.19. The molecular formula is C11H16ClNS. The Hall–Kier alpha value is -0.180. The summed E-state index contributed by atoms with van der Waals surface area (Å²) in [5.41, 5.74) is 0. The summed E-state index contributed by atoms with van der Waals surface area (Å²) in [6.07, 6.45) is 0. The van der Waals surface area contributed by atoms with E-state index in [1.807, 2.05) is 23.9 Å². The Morgan fingerprint density at radius 2 is 1.93 bits per heavy atom. The number of halogens is 1. The van der Waals surface area contributed by atoms with Gasteiger partial charge in [0.05, 0.1) is 0 Å². The second-order valence-corrected chi connectivity index (χ2v) is 5.02. The van der Waals surface area contributed by atoms with Gasteiger partial charge in [-0.25, -0.2) is 0 Å². The van der Waals surface area contributed by atoms with E-state index in [1.165, 1.54) is 4.90 Å². The van der Waals surface area contributed by atoms with Gasteiger partial charge in [0.15, 0.2) is 0 Å². The van der Waals surface area contributed by atoms with Crippen molar-refractivity contribution in [1.82, 2.24) is 5.32 Å². The first-order chi connectivity index (χ1) is 6.68. The van der Waals surface area contributed by atoms with E-state index in [1.54, 1.807) is 0 Å². The molecule has 0 heterocycles. The van der Waals surface area contributed by atoms with Crippen LogP contribution in [0.15, 0.2) is 29.2 Å². The van der Waals surface area contributed by atoms with E-state index in [0.29, 0.717) is 6.04 Å². The van der Waals surface area contributed by atoms with Crippen LogP contribution in [0.5, 0.6) is 0 Å². The molecule has 0 unspecified atom stereocenters. The monoisotopic (exact) mass is 229 g/mol. The molecule has 0 aliphatic rings. The van der Waals surface area contributed by atoms with Gasteiger partial charge in [-0.1, -0.05) is 25.4 Å². The molecule has 0 aromatic heterocycles. The quantitative estimate of drug-likeness (QED) is 0.613. The van der Waals surface area contributed by atoms with E-state index >= 15 is 0 Å². The molecule has 1 N–H and O–H groups in total. The second-order valence-electron chi connectivity index (χ2n) is 3.41. The zero-order valence-electron chi connectivity index (χ0n) is 8.59. The molecule has 3 heteroatoms. The van der Waals surface area contributed by atoms with E-state index in [-0.39, 0.29) is 0 Å². The topological polar surface area (TPSA) is 12.0 Å². The lowest BCUT2D eigenvalue weighted by molar-refractivity contribution is 0.616. The zero-order valence-corrected chi connectivity index (χ0v) is 10.2. The number of hydrogen-bond donors (Lipinski definition) is 1. The number of thioether (sulfide) groups is 1. The van der Waals surface area contributed by atoms with Gasteiger partial charge >= 0.3 is 0 Å². The number of hydrogen-bond acceptors (Lipinski definition) is 2. The van der Waals surface area contributed by atoms with Crippen molar-refractivity contribution in [3.8, 4) is 0 Å². The number of benzene rings is 1. The fourth-order valence-corrected chi connectivity index (χ4v) is 1.96. The summed E-state index contributed by atoms with van der Waals surface area (Å²) < 4.78 is 0. The van der Waals surface area contributed by atoms with Gasteiger partial charge in [0.25, 0.3) is 0 Å². The summed E-state index contributed by atoms with van der Waals surface area (Å²) in [6, 6.07) is 8.55. The Morgan fingerprint density at radius 3 is 2.50 bits per heavy atom. The third-order valence-electron chi connectivity index (χ3n) is 1.74. The maximum Gasteiger partial charge on any atom is 0.0406 e. The molecule has 14 heavy (non-hydrogen) atoms. The van der Waals surface area contributed by atoms with Crippen LogP contribution in [0.2, 0.25) is 5.02 Å². The van der Waals surface area contributed by atoms with Crippen molar-refractivity contribution in [3.05, 3.63) is 29.3 Å². The molecule has 78 valence electrons. The fraction of sp³-hybridized carbons (Fsp3) is 0.455. The molecule has 0 radical (unpaired) electrons. The first kappa shape index (κ1) is 11.9. The highest BCUT2D eigenvalue weighted by atomic mass is 35.5. The molecule has 0 amide bonds. The Labute approximate surface area is 95.2 Å². The maximum absolute atomic E-state index is 5.79. The summed E-state index contributed by atoms with van der Waals surface area (Å²) in [7, 11) is 0. The molecule has 1 aromatic rings. The van der Waals surface area contributed by atoms with Crippen molar-refractivity contribution in [3.63, 3.8) is 0 Å². The van der Waals surface area contributed by atoms with Crippen molar-refractivity contribution in [2.24, 2.45) is 0 Å². The summed E-state index contributed by atoms with van der Waals surface area (Å²) >= 11 is 7.64. The van der Waals surface area contributed by atoms with Crippen LogP contribution in [0.4, 0.5) is 0 Å². The van der Waals surface area contributed by atoms with Crippen molar-refractivity contribution in [2.45, 2.75) is 24.8 Å². The minimum Gasteiger partial charge on any atom is -0.314 e. The van der Waals surface area contributed by atoms with Crippen LogP contribution in [0, 0.1) is 0 Å². The highest BCUT2D eigenvalue weighted by Gasteiger charge is 1.95. The third kappa shape index (κ3) is 4.89. The molecule has 1 nitrogen and oxygen atoms in total. The summed E-state index contributed by atoms with van der Waals surface area (Å²) in [6.45, 7) is 5.37. The molecule has 0 saturated heterocycles. The average Bonchev–Trinajstić information content (AvgIpc) is 2.15. The number of nitrogens with one attached hydrogen (secondary N) is 1. The van der Waals surface area contributed by atoms with E-state index < -0.39 is 0 Å². The van der Waals surface area contributed by atoms with Crippen LogP contribution < -0.4 is 5.32 Å². The predicted octanol–water partition coefficient (Wildman–Crippen LogP) is 3.43. The third-order valence-corrected chi connectivity index (χ3v) is 3.00. The van der Waals surface area contributed by atoms with E-state index in [0.717, 1.165) is 17.3 Å². The van der Waals surface area contributed by atoms with Gasteiger partial charge in [-0.2, -0.15) is 0 Å². The maximum atomic E-state index is 5.79. The smallest absolute Gasteiger partial charge is 0.0406 e. The van der Waals surface area contributed by atoms with Crippen LogP contribution in [-0.2, 0) is 0 Å². The Morgan fingerprint density at radius 1 is 1.29 bits per heavy atom. The predicted molar refractivity (Wildman–Crippen MR) is 65.3 cm³/mol. The summed E-state index contributed by atoms with van der Waals surface area (Å²) in [5.74, 6) is 1.10. The lowest BCUT2D eigenvalue weighted by Crippen LogP contribution is -2.24. The van der Waals surface area contributed by atoms with Gasteiger partial charge in [-0.3, -0.25) is 0 Å². The van der Waals surface area contributed by atoms with Crippen LogP contribution in [0.1, 0.15) is 13.8 Å². The van der Waals surface area contributed by atoms with E-state index in [2.05, 4.69) is 31.3 Å². The Bertz CT molecular complexity index is 258. The van der Waals surface area contributed by atoms with Gasteiger partial charge in [-0.15, -0.1) is 11.8 Å². The molecule has 0 aliphatic heterocycles. The number of rotatable bonds is 5. The lowest BCUT2D eigenvalue weighted by Gasteiger charge is -2.07. The van der Waals surface area contributed by atoms with E-state index in [9.17, 15) is 0 Å². The lowest BCUT2D eigenvalue weighted by atomic mass is 10.4. The molecule has 0 saturated carbocycles. The van der Waals surface area contributed by atoms with Gasteiger partial charge in [0.1, 0.15) is 0 Å². The second kappa shape index (κ2) is 6.33. The molecule has 0 fully saturated rings. The van der Waals surface area contributed by atoms with Crippen LogP contribution in [0.25, 0.3) is 0 Å². The largest absolute Gasteiger partial charge is 0.314 e. The minimum atomic E-state index is 0.570. The average molecular weight is 230 g/mol. The summed E-state index contributed by atoms with van der Waals surface area (Å²) in [5, 5.41) is 4.18. The summed E-state index contributed by atoms with van der Waals surface area (Å²) in [4.78, 5) is 1.28. The van der Waals surface area contributed by atoms with Gasteiger partial charge in [-0.05, 0) is 24.3 Å². The first-order valence-electron chi connectivity index (χ1n) is 4.80. The van der Waals surface area contributed by atoms with Crippen molar-refractivity contribution >= 4 is 23.4 Å². The van der Waals surface area contributed by atoms with Gasteiger partial charge in [0, 0.05) is 28.3 Å². The molecule has 0 atom stereocenters. The van der Waals surface area contributed by atoms with Gasteiger partial charge in [0.2, 0.25) is 0 Å².